The molecular formula is C16H16N2O5. The molecule has 0 fully saturated rings. The van der Waals surface area contributed by atoms with E-state index in [1.807, 2.05) is 42.5 Å². The molecule has 120 valence electrons. The molecule has 0 radical (unpaired) electrons. The van der Waals surface area contributed by atoms with Crippen molar-refractivity contribution in [1.82, 2.24) is 5.01 Å². The van der Waals surface area contributed by atoms with Crippen molar-refractivity contribution in [2.75, 3.05) is 19.8 Å². The molecule has 0 aromatic heterocycles. The van der Waals surface area contributed by atoms with Gasteiger partial charge in [0.25, 0.3) is 5.79 Å². The number of aliphatic hydroxyl groups excluding tert-OH is 1. The molecular weight excluding hydrogens is 300 g/mol. The van der Waals surface area contributed by atoms with Crippen LogP contribution in [-0.2, 0) is 4.79 Å². The maximum Gasteiger partial charge on any atom is 0.309 e. The predicted octanol–water partition coefficient (Wildman–Crippen LogP) is 0.0900. The number of hydrazone groups is 1. The second-order valence-corrected chi connectivity index (χ2v) is 5.13. The van der Waals surface area contributed by atoms with E-state index in [1.54, 1.807) is 0 Å². The lowest BCUT2D eigenvalue weighted by molar-refractivity contribution is -0.169. The number of hydrogen-bond donors (Lipinski definition) is 3. The molecule has 1 aliphatic rings. The fourth-order valence-corrected chi connectivity index (χ4v) is 2.42. The van der Waals surface area contributed by atoms with Gasteiger partial charge in [-0.2, -0.15) is 5.10 Å². The number of rotatable bonds is 5. The molecule has 3 N–H and O–H groups in total. The average molecular weight is 316 g/mol. The normalized spacial score (nSPS) is 16.7. The molecule has 0 atom stereocenters. The summed E-state index contributed by atoms with van der Waals surface area (Å²) in [5.74, 6) is -3.07. The summed E-state index contributed by atoms with van der Waals surface area (Å²) in [6.07, 6.45) is 0. The third-order valence-electron chi connectivity index (χ3n) is 3.64. The Labute approximate surface area is 132 Å². The summed E-state index contributed by atoms with van der Waals surface area (Å²) < 4.78 is 5.68. The Bertz CT molecular complexity index is 767. The van der Waals surface area contributed by atoms with Gasteiger partial charge in [0.2, 0.25) is 0 Å². The summed E-state index contributed by atoms with van der Waals surface area (Å²) >= 11 is 0. The van der Waals surface area contributed by atoms with Crippen LogP contribution in [0, 0.1) is 0 Å². The van der Waals surface area contributed by atoms with Crippen LogP contribution in [0.15, 0.2) is 47.6 Å². The number of nitrogens with zero attached hydrogens (tertiary/aromatic N) is 2. The van der Waals surface area contributed by atoms with Crippen LogP contribution in [0.3, 0.4) is 0 Å². The molecule has 0 saturated heterocycles. The second-order valence-electron chi connectivity index (χ2n) is 5.13. The van der Waals surface area contributed by atoms with Gasteiger partial charge in [-0.3, -0.25) is 4.79 Å². The zero-order valence-electron chi connectivity index (χ0n) is 12.2. The molecule has 1 aliphatic heterocycles. The number of hydrogen-bond acceptors (Lipinski definition) is 6. The Morgan fingerprint density at radius 3 is 2.61 bits per heavy atom. The van der Waals surface area contributed by atoms with Gasteiger partial charge < -0.3 is 20.1 Å². The fourth-order valence-electron chi connectivity index (χ4n) is 2.42. The third kappa shape index (κ3) is 2.77. The van der Waals surface area contributed by atoms with Crippen LogP contribution in [0.25, 0.3) is 10.8 Å². The third-order valence-corrected chi connectivity index (χ3v) is 3.64. The van der Waals surface area contributed by atoms with Crippen molar-refractivity contribution in [3.63, 3.8) is 0 Å². The lowest BCUT2D eigenvalue weighted by Crippen LogP contribution is -2.47. The Morgan fingerprint density at radius 1 is 1.13 bits per heavy atom. The summed E-state index contributed by atoms with van der Waals surface area (Å²) in [6.45, 7) is -0.550. The molecule has 0 bridgehead atoms. The van der Waals surface area contributed by atoms with Gasteiger partial charge in [-0.05, 0) is 11.5 Å². The maximum absolute atomic E-state index is 11.8. The van der Waals surface area contributed by atoms with E-state index < -0.39 is 24.0 Å². The molecule has 2 aromatic rings. The van der Waals surface area contributed by atoms with E-state index in [9.17, 15) is 15.0 Å². The molecule has 0 aliphatic carbocycles. The van der Waals surface area contributed by atoms with Crippen molar-refractivity contribution < 1.29 is 24.9 Å². The van der Waals surface area contributed by atoms with Crippen LogP contribution < -0.4 is 4.74 Å². The lowest BCUT2D eigenvalue weighted by Gasteiger charge is -2.17. The highest BCUT2D eigenvalue weighted by atomic mass is 16.5. The van der Waals surface area contributed by atoms with Gasteiger partial charge in [0, 0.05) is 5.39 Å². The van der Waals surface area contributed by atoms with Crippen molar-refractivity contribution in [1.29, 1.82) is 0 Å². The van der Waals surface area contributed by atoms with Crippen molar-refractivity contribution >= 4 is 22.4 Å². The molecule has 0 saturated carbocycles. The Balaban J connectivity index is 1.68. The highest BCUT2D eigenvalue weighted by Gasteiger charge is 2.48. The molecule has 0 spiro atoms. The lowest BCUT2D eigenvalue weighted by atomic mass is 10.1. The van der Waals surface area contributed by atoms with Crippen molar-refractivity contribution in [3.05, 3.63) is 42.5 Å². The quantitative estimate of drug-likeness (QED) is 0.679. The van der Waals surface area contributed by atoms with Crippen LogP contribution in [0.4, 0.5) is 0 Å². The first-order chi connectivity index (χ1) is 11.0. The number of benzene rings is 2. The smallest absolute Gasteiger partial charge is 0.309 e. The fraction of sp³-hybridized carbons (Fsp3) is 0.250. The average Bonchev–Trinajstić information content (AvgIpc) is 2.78. The van der Waals surface area contributed by atoms with Crippen molar-refractivity contribution in [2.45, 2.75) is 5.79 Å². The maximum atomic E-state index is 11.8. The number of carbonyl (C=O) groups is 1. The molecule has 23 heavy (non-hydrogen) atoms. The van der Waals surface area contributed by atoms with E-state index in [0.29, 0.717) is 5.75 Å². The van der Waals surface area contributed by atoms with Gasteiger partial charge in [0.05, 0.1) is 13.2 Å². The first-order valence-corrected chi connectivity index (χ1v) is 7.10. The van der Waals surface area contributed by atoms with Gasteiger partial charge in [0.15, 0.2) is 0 Å². The molecule has 2 aromatic carbocycles. The molecule has 7 heteroatoms. The van der Waals surface area contributed by atoms with E-state index >= 15 is 0 Å². The predicted molar refractivity (Wildman–Crippen MR) is 82.8 cm³/mol. The first-order valence-electron chi connectivity index (χ1n) is 7.10. The summed E-state index contributed by atoms with van der Waals surface area (Å²) in [6, 6.07) is 13.4. The minimum atomic E-state index is -2.74. The number of fused-ring (bicyclic) bond motifs is 1. The van der Waals surface area contributed by atoms with Crippen LogP contribution in [0.5, 0.6) is 5.75 Å². The van der Waals surface area contributed by atoms with E-state index in [4.69, 9.17) is 9.84 Å². The second kappa shape index (κ2) is 5.96. The Morgan fingerprint density at radius 2 is 1.87 bits per heavy atom. The first kappa shape index (κ1) is 15.4. The van der Waals surface area contributed by atoms with E-state index in [1.165, 1.54) is 0 Å². The van der Waals surface area contributed by atoms with Gasteiger partial charge in [0.1, 0.15) is 18.1 Å². The minimum absolute atomic E-state index is 0.0361. The molecule has 0 unspecified atom stereocenters. The monoisotopic (exact) mass is 316 g/mol. The zero-order chi connectivity index (χ0) is 16.4. The number of carbonyl (C=O) groups excluding carboxylic acids is 1. The van der Waals surface area contributed by atoms with Gasteiger partial charge in [-0.1, -0.05) is 36.4 Å². The van der Waals surface area contributed by atoms with Crippen LogP contribution in [-0.4, -0.2) is 57.5 Å². The minimum Gasteiger partial charge on any atom is -0.491 e. The number of ether oxygens (including phenoxy) is 1. The van der Waals surface area contributed by atoms with E-state index in [0.717, 1.165) is 15.8 Å². The molecule has 1 amide bonds. The highest BCUT2D eigenvalue weighted by molar-refractivity contribution is 6.13. The van der Waals surface area contributed by atoms with Gasteiger partial charge in [-0.25, -0.2) is 5.01 Å². The summed E-state index contributed by atoms with van der Waals surface area (Å²) in [4.78, 5) is 11.8. The Hall–Kier alpha value is -2.48. The number of amides is 1. The summed E-state index contributed by atoms with van der Waals surface area (Å²) in [5.41, 5.74) is -0.396. The van der Waals surface area contributed by atoms with Crippen LogP contribution in [0.2, 0.25) is 0 Å². The van der Waals surface area contributed by atoms with Crippen molar-refractivity contribution in [3.8, 4) is 5.75 Å². The molecule has 7 nitrogen and oxygen atoms in total. The number of aliphatic hydroxyl groups is 3. The SMILES string of the molecule is O=C1N(CCOc2cccc3ccccc23)N=C(CO)C1(O)O. The standard InChI is InChI=1S/C16H16N2O5/c19-10-14-16(21,22)15(20)18(17-14)8-9-23-13-7-3-5-11-4-1-2-6-12(11)13/h1-7,19,21-22H,8-10H2. The summed E-state index contributed by atoms with van der Waals surface area (Å²) in [7, 11) is 0. The van der Waals surface area contributed by atoms with E-state index in [2.05, 4.69) is 5.10 Å². The Kier molecular flexibility index (Phi) is 3.99. The van der Waals surface area contributed by atoms with Crippen molar-refractivity contribution in [2.24, 2.45) is 5.10 Å². The topological polar surface area (TPSA) is 103 Å². The van der Waals surface area contributed by atoms with Gasteiger partial charge >= 0.3 is 5.91 Å². The largest absolute Gasteiger partial charge is 0.491 e. The van der Waals surface area contributed by atoms with Crippen LogP contribution in [0.1, 0.15) is 0 Å². The van der Waals surface area contributed by atoms with Crippen LogP contribution >= 0.6 is 0 Å². The molecule has 3 rings (SSSR count). The zero-order valence-corrected chi connectivity index (χ0v) is 12.2. The molecule has 1 heterocycles. The highest BCUT2D eigenvalue weighted by Crippen LogP contribution is 2.25. The van der Waals surface area contributed by atoms with Gasteiger partial charge in [-0.15, -0.1) is 0 Å². The summed E-state index contributed by atoms with van der Waals surface area (Å²) in [5, 5.41) is 34.7. The van der Waals surface area contributed by atoms with E-state index in [-0.39, 0.29) is 13.2 Å².